The molecule has 3 heteroatoms. The first kappa shape index (κ1) is 35.8. The van der Waals surface area contributed by atoms with Gasteiger partial charge in [-0.05, 0) is 96.1 Å². The number of benzene rings is 6. The van der Waals surface area contributed by atoms with Crippen molar-refractivity contribution in [1.29, 1.82) is 0 Å². The molecule has 2 heterocycles. The van der Waals surface area contributed by atoms with Crippen LogP contribution >= 0.6 is 11.3 Å². The molecular formula is C52H46N2S. The fourth-order valence-electron chi connectivity index (χ4n) is 8.08. The van der Waals surface area contributed by atoms with E-state index in [1.54, 1.807) is 0 Å². The van der Waals surface area contributed by atoms with Crippen LogP contribution in [0.4, 0.5) is 11.4 Å². The van der Waals surface area contributed by atoms with E-state index in [0.717, 1.165) is 18.4 Å². The molecule has 9 rings (SSSR count). The van der Waals surface area contributed by atoms with Gasteiger partial charge in [-0.3, -0.25) is 0 Å². The molecule has 6 aromatic carbocycles. The van der Waals surface area contributed by atoms with Gasteiger partial charge < -0.3 is 9.88 Å². The molecule has 0 amide bonds. The van der Waals surface area contributed by atoms with Gasteiger partial charge in [0, 0.05) is 54.1 Å². The molecule has 270 valence electrons. The van der Waals surface area contributed by atoms with E-state index in [1.807, 2.05) is 29.6 Å². The zero-order valence-electron chi connectivity index (χ0n) is 31.6. The summed E-state index contributed by atoms with van der Waals surface area (Å²) in [5, 5.41) is 6.60. The topological polar surface area (TPSA) is 19.0 Å². The highest BCUT2D eigenvalue weighted by atomic mass is 32.1. The fraction of sp³-hybridized carbons (Fsp3) is 0.115. The molecule has 0 aliphatic heterocycles. The van der Waals surface area contributed by atoms with Gasteiger partial charge in [-0.25, -0.2) is 0 Å². The van der Waals surface area contributed by atoms with E-state index in [4.69, 9.17) is 0 Å². The molecule has 2 atom stereocenters. The molecule has 0 spiro atoms. The predicted molar refractivity (Wildman–Crippen MR) is 244 cm³/mol. The predicted octanol–water partition coefficient (Wildman–Crippen LogP) is 15.2. The molecule has 1 aliphatic rings. The summed E-state index contributed by atoms with van der Waals surface area (Å²) in [5.41, 5.74) is 9.92. The zero-order chi connectivity index (χ0) is 37.7. The summed E-state index contributed by atoms with van der Waals surface area (Å²) in [6.45, 7) is 12.0. The fourth-order valence-corrected chi connectivity index (χ4v) is 9.28. The van der Waals surface area contributed by atoms with Crippen molar-refractivity contribution < 1.29 is 0 Å². The highest BCUT2D eigenvalue weighted by molar-refractivity contribution is 7.20. The third-order valence-electron chi connectivity index (χ3n) is 10.8. The van der Waals surface area contributed by atoms with Crippen LogP contribution in [0, 0.1) is 6.92 Å². The summed E-state index contributed by atoms with van der Waals surface area (Å²) in [4.78, 5) is 7.34. The Hall–Kier alpha value is -6.16. The number of H-pyrrole nitrogens is 1. The first-order valence-electron chi connectivity index (χ1n) is 19.2. The molecule has 1 aliphatic carbocycles. The van der Waals surface area contributed by atoms with Crippen LogP contribution in [-0.4, -0.2) is 11.0 Å². The molecule has 2 aromatic heterocycles. The van der Waals surface area contributed by atoms with Crippen LogP contribution in [0.5, 0.6) is 0 Å². The van der Waals surface area contributed by atoms with E-state index >= 15 is 0 Å². The molecular weight excluding hydrogens is 685 g/mol. The van der Waals surface area contributed by atoms with E-state index in [0.29, 0.717) is 12.0 Å². The Morgan fingerprint density at radius 3 is 2.27 bits per heavy atom. The molecule has 0 saturated heterocycles. The van der Waals surface area contributed by atoms with Gasteiger partial charge >= 0.3 is 0 Å². The number of aryl methyl sites for hydroxylation is 1. The lowest BCUT2D eigenvalue weighted by atomic mass is 9.85. The third-order valence-corrected chi connectivity index (χ3v) is 11.9. The van der Waals surface area contributed by atoms with Crippen molar-refractivity contribution in [3.8, 4) is 0 Å². The maximum absolute atomic E-state index is 3.99. The largest absolute Gasteiger partial charge is 0.354 e. The quantitative estimate of drug-likeness (QED) is 0.122. The van der Waals surface area contributed by atoms with Crippen LogP contribution in [-0.2, 0) is 0 Å². The van der Waals surface area contributed by atoms with E-state index in [-0.39, 0.29) is 0 Å². The number of para-hydroxylation sites is 2. The van der Waals surface area contributed by atoms with Crippen molar-refractivity contribution in [3.05, 3.63) is 198 Å². The summed E-state index contributed by atoms with van der Waals surface area (Å²) in [6.07, 6.45) is 19.2. The van der Waals surface area contributed by atoms with Crippen LogP contribution in [0.3, 0.4) is 0 Å². The van der Waals surface area contributed by atoms with Crippen molar-refractivity contribution in [1.82, 2.24) is 4.98 Å². The Bertz CT molecular complexity index is 2740. The normalized spacial score (nSPS) is 15.6. The number of aromatic nitrogens is 1. The van der Waals surface area contributed by atoms with Gasteiger partial charge in [0.1, 0.15) is 0 Å². The molecule has 0 radical (unpaired) electrons. The standard InChI is InChI=1S/C33H31N.C19H15NS/c1-3-10-28-24-33(22-17-25(28)4-2)34(31-13-6-5-7-14-31)32-20-18-27(19-21-32)30-16-15-26-11-8-9-12-29(26)23-30;1-3-4-7-13-12(2)21-19-14(13)10-11-17-18(19)15-8-5-6-9-16(15)20-17/h3-18,20,22-24,27,32H,2,19,21H2,1H3;3-11,20H,1H2,2H3/b10-3-;7-4-. The van der Waals surface area contributed by atoms with Crippen molar-refractivity contribution in [2.75, 3.05) is 4.90 Å². The average Bonchev–Trinajstić information content (AvgIpc) is 3.77. The second kappa shape index (κ2) is 16.1. The van der Waals surface area contributed by atoms with Crippen LogP contribution in [0.2, 0.25) is 0 Å². The van der Waals surface area contributed by atoms with Gasteiger partial charge in [-0.2, -0.15) is 0 Å². The summed E-state index contributed by atoms with van der Waals surface area (Å²) >= 11 is 1.87. The smallest absolute Gasteiger partial charge is 0.0522 e. The van der Waals surface area contributed by atoms with Crippen molar-refractivity contribution in [2.24, 2.45) is 0 Å². The highest BCUT2D eigenvalue weighted by Crippen LogP contribution is 2.40. The molecule has 0 saturated carbocycles. The molecule has 1 N–H and O–H groups in total. The molecule has 2 unspecified atom stereocenters. The summed E-state index contributed by atoms with van der Waals surface area (Å²) in [7, 11) is 0. The van der Waals surface area contributed by atoms with Crippen LogP contribution in [0.25, 0.3) is 60.9 Å². The number of nitrogens with one attached hydrogen (secondary N) is 1. The minimum Gasteiger partial charge on any atom is -0.354 e. The van der Waals surface area contributed by atoms with E-state index in [9.17, 15) is 0 Å². The zero-order valence-corrected chi connectivity index (χ0v) is 32.4. The third kappa shape index (κ3) is 7.24. The van der Waals surface area contributed by atoms with Gasteiger partial charge in [0.15, 0.2) is 0 Å². The number of rotatable bonds is 8. The van der Waals surface area contributed by atoms with Crippen molar-refractivity contribution in [2.45, 2.75) is 38.6 Å². The number of hydrogen-bond acceptors (Lipinski definition) is 2. The average molecular weight is 731 g/mol. The van der Waals surface area contributed by atoms with Gasteiger partial charge in [0.05, 0.1) is 6.04 Å². The Balaban J connectivity index is 0.000000173. The number of thiophene rings is 1. The summed E-state index contributed by atoms with van der Waals surface area (Å²) in [5.74, 6) is 0.459. The maximum atomic E-state index is 3.99. The lowest BCUT2D eigenvalue weighted by Gasteiger charge is -2.35. The monoisotopic (exact) mass is 730 g/mol. The van der Waals surface area contributed by atoms with E-state index in [2.05, 4.69) is 195 Å². The van der Waals surface area contributed by atoms with Gasteiger partial charge in [0.25, 0.3) is 0 Å². The summed E-state index contributed by atoms with van der Waals surface area (Å²) in [6, 6.07) is 46.2. The van der Waals surface area contributed by atoms with Crippen molar-refractivity contribution in [3.63, 3.8) is 0 Å². The minimum absolute atomic E-state index is 0.312. The Morgan fingerprint density at radius 1 is 0.691 bits per heavy atom. The number of hydrogen-bond donors (Lipinski definition) is 1. The van der Waals surface area contributed by atoms with Crippen LogP contribution in [0.1, 0.15) is 52.8 Å². The second-order valence-corrected chi connectivity index (χ2v) is 15.4. The Kier molecular flexibility index (Phi) is 10.5. The first-order chi connectivity index (χ1) is 27.1. The number of aromatic amines is 1. The van der Waals surface area contributed by atoms with Crippen LogP contribution in [0.15, 0.2) is 171 Å². The number of allylic oxidation sites excluding steroid dienone is 4. The summed E-state index contributed by atoms with van der Waals surface area (Å²) < 4.78 is 1.37. The van der Waals surface area contributed by atoms with Gasteiger partial charge in [0.2, 0.25) is 0 Å². The van der Waals surface area contributed by atoms with Crippen LogP contribution < -0.4 is 4.90 Å². The van der Waals surface area contributed by atoms with Gasteiger partial charge in [-0.1, -0.05) is 153 Å². The molecule has 0 bridgehead atoms. The number of nitrogens with zero attached hydrogens (tertiary/aromatic N) is 1. The van der Waals surface area contributed by atoms with E-state index in [1.165, 1.54) is 75.6 Å². The lowest BCUT2D eigenvalue weighted by molar-refractivity contribution is 0.586. The number of anilines is 2. The first-order valence-corrected chi connectivity index (χ1v) is 20.0. The highest BCUT2D eigenvalue weighted by Gasteiger charge is 2.24. The Labute approximate surface area is 328 Å². The second-order valence-electron chi connectivity index (χ2n) is 14.2. The molecule has 0 fully saturated rings. The maximum Gasteiger partial charge on any atom is 0.0522 e. The molecule has 2 nitrogen and oxygen atoms in total. The van der Waals surface area contributed by atoms with E-state index < -0.39 is 0 Å². The molecule has 55 heavy (non-hydrogen) atoms. The SMILES string of the molecule is C=C/C=C\c1c(C)sc2c1ccc1[nH]c3ccccc3c12.C=Cc1ccc(N(c2ccccc2)C2C=CC(c3ccc4ccccc4c3)CC2)cc1/C=C\C. The minimum atomic E-state index is 0.312. The Morgan fingerprint density at radius 2 is 1.49 bits per heavy atom. The molecule has 8 aromatic rings. The lowest BCUT2D eigenvalue weighted by Crippen LogP contribution is -2.31. The van der Waals surface area contributed by atoms with Crippen molar-refractivity contribution >= 4 is 83.6 Å². The van der Waals surface area contributed by atoms with Gasteiger partial charge in [-0.15, -0.1) is 11.3 Å². The number of fused-ring (bicyclic) bond motifs is 6.